The maximum absolute atomic E-state index is 12.5. The van der Waals surface area contributed by atoms with Gasteiger partial charge in [-0.2, -0.15) is 13.2 Å². The second kappa shape index (κ2) is 5.71. The zero-order valence-electron chi connectivity index (χ0n) is 11.6. The third-order valence-corrected chi connectivity index (χ3v) is 3.10. The van der Waals surface area contributed by atoms with E-state index in [1.54, 1.807) is 18.2 Å². The van der Waals surface area contributed by atoms with Gasteiger partial charge in [0.2, 0.25) is 6.79 Å². The molecule has 0 saturated heterocycles. The highest BCUT2D eigenvalue weighted by atomic mass is 19.4. The number of anilines is 2. The van der Waals surface area contributed by atoms with Crippen LogP contribution in [0.3, 0.4) is 0 Å². The van der Waals surface area contributed by atoms with Crippen LogP contribution in [0, 0.1) is 0 Å². The van der Waals surface area contributed by atoms with Gasteiger partial charge >= 0.3 is 12.2 Å². The van der Waals surface area contributed by atoms with E-state index in [4.69, 9.17) is 9.47 Å². The Morgan fingerprint density at radius 2 is 1.52 bits per heavy atom. The number of nitrogens with one attached hydrogen (secondary N) is 2. The number of fused-ring (bicyclic) bond motifs is 1. The molecule has 2 amide bonds. The average Bonchev–Trinajstić information content (AvgIpc) is 2.94. The van der Waals surface area contributed by atoms with Crippen LogP contribution in [0.5, 0.6) is 11.5 Å². The molecule has 120 valence electrons. The fraction of sp³-hybridized carbons (Fsp3) is 0.133. The number of urea groups is 1. The third-order valence-electron chi connectivity index (χ3n) is 3.10. The van der Waals surface area contributed by atoms with Crippen LogP contribution in [0.2, 0.25) is 0 Å². The highest BCUT2D eigenvalue weighted by molar-refractivity contribution is 5.99. The first-order valence-corrected chi connectivity index (χ1v) is 6.57. The van der Waals surface area contributed by atoms with Crippen molar-refractivity contribution in [1.29, 1.82) is 0 Å². The van der Waals surface area contributed by atoms with Crippen LogP contribution in [-0.2, 0) is 6.18 Å². The standard InChI is InChI=1S/C15H11F3N2O3/c16-15(17,18)9-1-3-10(4-2-9)19-14(21)20-11-5-6-12-13(7-11)23-8-22-12/h1-7H,8H2,(H2,19,20,21). The molecule has 0 aliphatic carbocycles. The molecule has 0 spiro atoms. The molecule has 5 nitrogen and oxygen atoms in total. The van der Waals surface area contributed by atoms with Crippen molar-refractivity contribution in [3.05, 3.63) is 48.0 Å². The molecule has 0 saturated carbocycles. The Balaban J connectivity index is 1.63. The number of rotatable bonds is 2. The van der Waals surface area contributed by atoms with Gasteiger partial charge in [0.15, 0.2) is 11.5 Å². The van der Waals surface area contributed by atoms with Gasteiger partial charge in [0, 0.05) is 17.4 Å². The summed E-state index contributed by atoms with van der Waals surface area (Å²) in [6.07, 6.45) is -4.41. The summed E-state index contributed by atoms with van der Waals surface area (Å²) in [4.78, 5) is 11.8. The number of amides is 2. The molecular weight excluding hydrogens is 313 g/mol. The molecule has 1 aliphatic rings. The first kappa shape index (κ1) is 15.0. The third kappa shape index (κ3) is 3.47. The van der Waals surface area contributed by atoms with Gasteiger partial charge < -0.3 is 20.1 Å². The van der Waals surface area contributed by atoms with E-state index in [0.717, 1.165) is 12.1 Å². The van der Waals surface area contributed by atoms with Gasteiger partial charge in [-0.05, 0) is 36.4 Å². The summed E-state index contributed by atoms with van der Waals surface area (Å²) >= 11 is 0. The lowest BCUT2D eigenvalue weighted by Crippen LogP contribution is -2.19. The Labute approximate surface area is 129 Å². The van der Waals surface area contributed by atoms with Gasteiger partial charge in [-0.15, -0.1) is 0 Å². The summed E-state index contributed by atoms with van der Waals surface area (Å²) in [6.45, 7) is 0.122. The molecule has 0 radical (unpaired) electrons. The van der Waals surface area contributed by atoms with Gasteiger partial charge in [-0.25, -0.2) is 4.79 Å². The number of ether oxygens (including phenoxy) is 2. The quantitative estimate of drug-likeness (QED) is 0.875. The summed E-state index contributed by atoms with van der Waals surface area (Å²) in [6, 6.07) is 8.45. The van der Waals surface area contributed by atoms with Crippen LogP contribution in [-0.4, -0.2) is 12.8 Å². The minimum Gasteiger partial charge on any atom is -0.454 e. The lowest BCUT2D eigenvalue weighted by molar-refractivity contribution is -0.137. The van der Waals surface area contributed by atoms with Crippen LogP contribution < -0.4 is 20.1 Å². The summed E-state index contributed by atoms with van der Waals surface area (Å²) in [7, 11) is 0. The Morgan fingerprint density at radius 1 is 0.913 bits per heavy atom. The fourth-order valence-electron chi connectivity index (χ4n) is 2.01. The Bertz CT molecular complexity index is 730. The monoisotopic (exact) mass is 324 g/mol. The topological polar surface area (TPSA) is 59.6 Å². The van der Waals surface area contributed by atoms with Crippen molar-refractivity contribution >= 4 is 17.4 Å². The van der Waals surface area contributed by atoms with Gasteiger partial charge in [0.05, 0.1) is 5.56 Å². The van der Waals surface area contributed by atoms with E-state index in [1.165, 1.54) is 12.1 Å². The van der Waals surface area contributed by atoms with Crippen molar-refractivity contribution in [2.45, 2.75) is 6.18 Å². The molecule has 0 unspecified atom stereocenters. The van der Waals surface area contributed by atoms with Crippen molar-refractivity contribution < 1.29 is 27.4 Å². The van der Waals surface area contributed by atoms with Crippen molar-refractivity contribution in [3.8, 4) is 11.5 Å². The molecule has 23 heavy (non-hydrogen) atoms. The predicted molar refractivity (Wildman–Crippen MR) is 76.7 cm³/mol. The fourth-order valence-corrected chi connectivity index (χ4v) is 2.01. The largest absolute Gasteiger partial charge is 0.454 e. The SMILES string of the molecule is O=C(Nc1ccc(C(F)(F)F)cc1)Nc1ccc2c(c1)OCO2. The summed E-state index contributed by atoms with van der Waals surface area (Å²) in [5, 5.41) is 5.00. The van der Waals surface area contributed by atoms with E-state index in [1.807, 2.05) is 0 Å². The minimum atomic E-state index is -4.41. The highest BCUT2D eigenvalue weighted by Gasteiger charge is 2.30. The molecule has 2 aromatic rings. The smallest absolute Gasteiger partial charge is 0.416 e. The maximum Gasteiger partial charge on any atom is 0.416 e. The number of alkyl halides is 3. The maximum atomic E-state index is 12.5. The number of carbonyl (C=O) groups excluding carboxylic acids is 1. The Kier molecular flexibility index (Phi) is 3.73. The molecule has 0 atom stereocenters. The van der Waals surface area contributed by atoms with Crippen molar-refractivity contribution in [2.24, 2.45) is 0 Å². The zero-order valence-corrected chi connectivity index (χ0v) is 11.6. The second-order valence-corrected chi connectivity index (χ2v) is 4.72. The summed E-state index contributed by atoms with van der Waals surface area (Å²) in [5.74, 6) is 1.09. The Hall–Kier alpha value is -2.90. The first-order chi connectivity index (χ1) is 10.9. The van der Waals surface area contributed by atoms with Crippen molar-refractivity contribution in [3.63, 3.8) is 0 Å². The summed E-state index contributed by atoms with van der Waals surface area (Å²) < 4.78 is 47.7. The molecule has 0 bridgehead atoms. The predicted octanol–water partition coefficient (Wildman–Crippen LogP) is 4.08. The minimum absolute atomic E-state index is 0.122. The number of halogens is 3. The molecule has 0 fully saturated rings. The van der Waals surface area contributed by atoms with E-state index < -0.39 is 17.8 Å². The normalized spacial score (nSPS) is 12.8. The van der Waals surface area contributed by atoms with Crippen molar-refractivity contribution in [2.75, 3.05) is 17.4 Å². The van der Waals surface area contributed by atoms with Gasteiger partial charge in [-0.1, -0.05) is 0 Å². The van der Waals surface area contributed by atoms with Gasteiger partial charge in [0.1, 0.15) is 0 Å². The second-order valence-electron chi connectivity index (χ2n) is 4.72. The molecule has 1 aliphatic heterocycles. The van der Waals surface area contributed by atoms with Crippen LogP contribution >= 0.6 is 0 Å². The number of benzene rings is 2. The lowest BCUT2D eigenvalue weighted by atomic mass is 10.2. The van der Waals surface area contributed by atoms with Crippen LogP contribution in [0.4, 0.5) is 29.3 Å². The van der Waals surface area contributed by atoms with E-state index in [2.05, 4.69) is 10.6 Å². The molecule has 2 N–H and O–H groups in total. The van der Waals surface area contributed by atoms with E-state index in [9.17, 15) is 18.0 Å². The van der Waals surface area contributed by atoms with Crippen LogP contribution in [0.1, 0.15) is 5.56 Å². The number of hydrogen-bond donors (Lipinski definition) is 2. The average molecular weight is 324 g/mol. The molecule has 2 aromatic carbocycles. The van der Waals surface area contributed by atoms with E-state index >= 15 is 0 Å². The van der Waals surface area contributed by atoms with Crippen LogP contribution in [0.25, 0.3) is 0 Å². The molecule has 8 heteroatoms. The molecule has 0 aromatic heterocycles. The Morgan fingerprint density at radius 3 is 2.22 bits per heavy atom. The van der Waals surface area contributed by atoms with E-state index in [-0.39, 0.29) is 12.5 Å². The number of hydrogen-bond acceptors (Lipinski definition) is 3. The van der Waals surface area contributed by atoms with Crippen LogP contribution in [0.15, 0.2) is 42.5 Å². The molecule has 3 rings (SSSR count). The first-order valence-electron chi connectivity index (χ1n) is 6.57. The zero-order chi connectivity index (χ0) is 16.4. The molecular formula is C15H11F3N2O3. The highest BCUT2D eigenvalue weighted by Crippen LogP contribution is 2.34. The lowest BCUT2D eigenvalue weighted by Gasteiger charge is -2.10. The van der Waals surface area contributed by atoms with E-state index in [0.29, 0.717) is 17.2 Å². The van der Waals surface area contributed by atoms with Gasteiger partial charge in [-0.3, -0.25) is 0 Å². The molecule has 1 heterocycles. The van der Waals surface area contributed by atoms with Crippen molar-refractivity contribution in [1.82, 2.24) is 0 Å². The van der Waals surface area contributed by atoms with Gasteiger partial charge in [0.25, 0.3) is 0 Å². The number of carbonyl (C=O) groups is 1. The summed E-state index contributed by atoms with van der Waals surface area (Å²) in [5.41, 5.74) is -0.0610.